The molecule has 0 spiro atoms. The van der Waals surface area contributed by atoms with Crippen molar-refractivity contribution in [1.82, 2.24) is 0 Å². The molecule has 0 heterocycles. The summed E-state index contributed by atoms with van der Waals surface area (Å²) in [6.07, 6.45) is 2.16. The summed E-state index contributed by atoms with van der Waals surface area (Å²) >= 11 is 0. The van der Waals surface area contributed by atoms with Gasteiger partial charge in [-0.2, -0.15) is 0 Å². The van der Waals surface area contributed by atoms with Crippen LogP contribution in [0.1, 0.15) is 20.7 Å². The normalized spacial score (nSPS) is 12.4. The van der Waals surface area contributed by atoms with E-state index in [4.69, 9.17) is 0 Å². The number of benzene rings is 2. The van der Waals surface area contributed by atoms with Crippen molar-refractivity contribution in [1.29, 1.82) is 0 Å². The second kappa shape index (κ2) is 7.83. The molecule has 1 aliphatic carbocycles. The van der Waals surface area contributed by atoms with Crippen molar-refractivity contribution >= 4 is 28.0 Å². The Labute approximate surface area is 177 Å². The molecule has 0 fully saturated rings. The molecule has 0 saturated carbocycles. The third-order valence-corrected chi connectivity index (χ3v) is 3.39. The zero-order valence-electron chi connectivity index (χ0n) is 12.9. The number of aromatic hydroxyl groups is 2. The summed E-state index contributed by atoms with van der Waals surface area (Å²) in [4.78, 5) is 23.9. The summed E-state index contributed by atoms with van der Waals surface area (Å²) in [6.45, 7) is 4.01. The molecule has 1 aliphatic rings. The molecule has 0 aliphatic heterocycles. The molecular weight excluding hydrogens is 316 g/mol. The van der Waals surface area contributed by atoms with Crippen LogP contribution in [0.3, 0.4) is 0 Å². The number of carbonyl (C=O) groups excluding carboxylic acids is 2. The molecule has 0 amide bonds. The first-order valence-corrected chi connectivity index (χ1v) is 6.28. The van der Waals surface area contributed by atoms with Gasteiger partial charge in [-0.05, 0) is 23.2 Å². The van der Waals surface area contributed by atoms with Crippen molar-refractivity contribution in [2.75, 3.05) is 11.9 Å². The molecule has 3 rings (SSSR count). The van der Waals surface area contributed by atoms with Crippen LogP contribution in [0.15, 0.2) is 24.3 Å². The Morgan fingerprint density at radius 1 is 1.04 bits per heavy atom. The second-order valence-electron chi connectivity index (χ2n) is 4.58. The first-order valence-electron chi connectivity index (χ1n) is 6.28. The maximum absolute atomic E-state index is 12.0. The van der Waals surface area contributed by atoms with Gasteiger partial charge in [0.2, 0.25) is 0 Å². The molecule has 3 N–H and O–H groups in total. The van der Waals surface area contributed by atoms with E-state index in [0.717, 1.165) is 12.2 Å². The molecule has 23 heavy (non-hydrogen) atoms. The fourth-order valence-corrected chi connectivity index (χ4v) is 2.50. The average molecular weight is 327 g/mol. The first-order chi connectivity index (χ1) is 10.1. The summed E-state index contributed by atoms with van der Waals surface area (Å²) in [6, 6.07) is 5.98. The average Bonchev–Trinajstić information content (AvgIpc) is 2.47. The van der Waals surface area contributed by atoms with Crippen LogP contribution in [0.25, 0.3) is 10.8 Å². The van der Waals surface area contributed by atoms with E-state index in [1.54, 1.807) is 12.1 Å². The van der Waals surface area contributed by atoms with Gasteiger partial charge >= 0.3 is 59.1 Å². The third kappa shape index (κ3) is 3.22. The standard InChI is InChI=1S/C16H11NO4.2Na/c1-2-17-9-5-3-4-8-12(9)16(21)14-11(19)7-6-10(18)13(14)15(8)20;;/h3,5-7,17,20-21H,1-2H2;;/q-2;2*+1. The smallest absolute Gasteiger partial charge is 0.550 e. The molecule has 7 heteroatoms. The number of hydrogen-bond donors (Lipinski definition) is 3. The molecule has 0 bridgehead atoms. The van der Waals surface area contributed by atoms with E-state index in [1.165, 1.54) is 0 Å². The number of hydrogen-bond acceptors (Lipinski definition) is 5. The number of carbonyl (C=O) groups is 2. The molecule has 0 radical (unpaired) electrons. The fourth-order valence-electron chi connectivity index (χ4n) is 2.50. The van der Waals surface area contributed by atoms with Crippen LogP contribution in [0.4, 0.5) is 5.69 Å². The van der Waals surface area contributed by atoms with Crippen LogP contribution in [-0.4, -0.2) is 28.3 Å². The zero-order valence-corrected chi connectivity index (χ0v) is 16.9. The van der Waals surface area contributed by atoms with E-state index in [2.05, 4.69) is 18.3 Å². The Hall–Kier alpha value is -0.820. The number of phenols is 2. The molecular formula is C16H11NNa2O4. The van der Waals surface area contributed by atoms with Crippen LogP contribution in [-0.2, 0) is 0 Å². The van der Waals surface area contributed by atoms with Gasteiger partial charge in [0, 0.05) is 5.56 Å². The monoisotopic (exact) mass is 327 g/mol. The third-order valence-electron chi connectivity index (χ3n) is 3.39. The van der Waals surface area contributed by atoms with Gasteiger partial charge in [0.1, 0.15) is 0 Å². The fraction of sp³-hybridized carbons (Fsp3) is 0.0625. The maximum atomic E-state index is 12.0. The molecule has 0 unspecified atom stereocenters. The van der Waals surface area contributed by atoms with Gasteiger partial charge in [-0.15, -0.1) is 24.7 Å². The SMILES string of the molecule is [CH2-]CNc1cc[c-]c2c(O)c3c(c(O)c12)C(=O)C=CC3=O.[Na+].[Na+]. The van der Waals surface area contributed by atoms with Crippen LogP contribution >= 0.6 is 0 Å². The van der Waals surface area contributed by atoms with Crippen LogP contribution < -0.4 is 64.4 Å². The second-order valence-corrected chi connectivity index (χ2v) is 4.58. The minimum Gasteiger partial charge on any atom is -0.550 e. The van der Waals surface area contributed by atoms with Crippen LogP contribution in [0.5, 0.6) is 11.5 Å². The summed E-state index contributed by atoms with van der Waals surface area (Å²) in [7, 11) is 0. The van der Waals surface area contributed by atoms with Crippen molar-refractivity contribution in [3.63, 3.8) is 0 Å². The summed E-state index contributed by atoms with van der Waals surface area (Å²) < 4.78 is 0. The maximum Gasteiger partial charge on any atom is 1.00 e. The molecule has 2 aromatic carbocycles. The van der Waals surface area contributed by atoms with Crippen LogP contribution in [0.2, 0.25) is 0 Å². The minimum atomic E-state index is -0.525. The summed E-state index contributed by atoms with van der Waals surface area (Å²) in [5.41, 5.74) is 0.138. The Morgan fingerprint density at radius 2 is 1.61 bits per heavy atom. The van der Waals surface area contributed by atoms with E-state index >= 15 is 0 Å². The van der Waals surface area contributed by atoms with Crippen molar-refractivity contribution in [2.24, 2.45) is 0 Å². The Bertz CT molecular complexity index is 831. The molecule has 0 atom stereocenters. The van der Waals surface area contributed by atoms with E-state index in [9.17, 15) is 19.8 Å². The minimum absolute atomic E-state index is 0. The number of allylic oxidation sites excluding steroid dienone is 2. The summed E-state index contributed by atoms with van der Waals surface area (Å²) in [5.74, 6) is -1.74. The van der Waals surface area contributed by atoms with Gasteiger partial charge in [-0.25, -0.2) is 0 Å². The van der Waals surface area contributed by atoms with Gasteiger partial charge in [0.15, 0.2) is 11.6 Å². The predicted octanol–water partition coefficient (Wildman–Crippen LogP) is -3.76. The summed E-state index contributed by atoms with van der Waals surface area (Å²) in [5, 5.41) is 24.1. The van der Waals surface area contributed by atoms with Crippen LogP contribution in [0, 0.1) is 13.0 Å². The number of ketones is 2. The van der Waals surface area contributed by atoms with Crippen molar-refractivity contribution < 1.29 is 78.9 Å². The molecule has 106 valence electrons. The van der Waals surface area contributed by atoms with Crippen molar-refractivity contribution in [3.8, 4) is 11.5 Å². The largest absolute Gasteiger partial charge is 1.00 e. The van der Waals surface area contributed by atoms with Crippen molar-refractivity contribution in [3.05, 3.63) is 48.4 Å². The van der Waals surface area contributed by atoms with Gasteiger partial charge in [0.05, 0.1) is 17.1 Å². The van der Waals surface area contributed by atoms with Crippen molar-refractivity contribution in [2.45, 2.75) is 0 Å². The first kappa shape index (κ1) is 20.2. The quantitative estimate of drug-likeness (QED) is 0.300. The Kier molecular flexibility index (Phi) is 6.89. The molecule has 5 nitrogen and oxygen atoms in total. The molecule has 0 aromatic heterocycles. The number of phenolic OH excluding ortho intramolecular Hbond substituents is 2. The topological polar surface area (TPSA) is 86.6 Å². The van der Waals surface area contributed by atoms with Gasteiger partial charge in [0.25, 0.3) is 0 Å². The number of anilines is 1. The molecule has 2 aromatic rings. The van der Waals surface area contributed by atoms with E-state index in [0.29, 0.717) is 12.2 Å². The predicted molar refractivity (Wildman–Crippen MR) is 77.8 cm³/mol. The van der Waals surface area contributed by atoms with Gasteiger partial charge in [-0.1, -0.05) is 5.39 Å². The van der Waals surface area contributed by atoms with Gasteiger partial charge in [-0.3, -0.25) is 9.59 Å². The zero-order chi connectivity index (χ0) is 15.1. The Balaban J connectivity index is 0.00000132. The Morgan fingerprint density at radius 3 is 2.17 bits per heavy atom. The number of nitrogens with one attached hydrogen (secondary N) is 1. The van der Waals surface area contributed by atoms with Gasteiger partial charge < -0.3 is 22.5 Å². The van der Waals surface area contributed by atoms with E-state index in [1.807, 2.05) is 0 Å². The number of rotatable bonds is 2. The molecule has 0 saturated heterocycles. The number of fused-ring (bicyclic) bond motifs is 2. The van der Waals surface area contributed by atoms with E-state index < -0.39 is 11.6 Å². The van der Waals surface area contributed by atoms with E-state index in [-0.39, 0.29) is 92.5 Å².